The molecule has 3 aromatic carbocycles. The lowest BCUT2D eigenvalue weighted by Crippen LogP contribution is -2.48. The van der Waals surface area contributed by atoms with Crippen molar-refractivity contribution < 1.29 is 32.3 Å². The minimum absolute atomic E-state index is 0.00566. The van der Waals surface area contributed by atoms with Crippen LogP contribution in [0.5, 0.6) is 0 Å². The van der Waals surface area contributed by atoms with Crippen LogP contribution in [0, 0.1) is 5.82 Å². The Morgan fingerprint density at radius 1 is 1.14 bits per heavy atom. The van der Waals surface area contributed by atoms with Gasteiger partial charge in [0.2, 0.25) is 5.60 Å². The van der Waals surface area contributed by atoms with Crippen molar-refractivity contribution in [1.29, 1.82) is 0 Å². The number of halogens is 6. The minimum Gasteiger partial charge on any atom is -0.375 e. The van der Waals surface area contributed by atoms with Gasteiger partial charge >= 0.3 is 12.2 Å². The zero-order chi connectivity index (χ0) is 26.0. The number of hydrogen-bond donors (Lipinski definition) is 3. The fourth-order valence-corrected chi connectivity index (χ4v) is 4.98. The van der Waals surface area contributed by atoms with E-state index in [-0.39, 0.29) is 38.1 Å². The number of β-amino-alcohol motifs (C(OH)–C–C–N with tert-alkyl or cyclic N) is 1. The first-order valence-electron chi connectivity index (χ1n) is 10.5. The SMILES string of the molecule is O=C1N[C@H](c2cc(F)ccc2Cl)c2c(NC(=O)N3C[C@@](O)(C(F)(F)F)c4ccccc43)cc(Cl)cc21. The fraction of sp³-hybridized carbons (Fsp3) is 0.167. The van der Waals surface area contributed by atoms with Crippen LogP contribution in [0.15, 0.2) is 54.6 Å². The summed E-state index contributed by atoms with van der Waals surface area (Å²) in [7, 11) is 0. The predicted molar refractivity (Wildman–Crippen MR) is 125 cm³/mol. The molecule has 0 unspecified atom stereocenters. The van der Waals surface area contributed by atoms with Gasteiger partial charge in [-0.05, 0) is 36.4 Å². The molecule has 0 saturated heterocycles. The molecular weight excluding hydrogens is 525 g/mol. The summed E-state index contributed by atoms with van der Waals surface area (Å²) in [6.45, 7) is -1.08. The summed E-state index contributed by atoms with van der Waals surface area (Å²) in [6, 6.07) is 9.40. The van der Waals surface area contributed by atoms with Gasteiger partial charge in [-0.3, -0.25) is 9.69 Å². The lowest BCUT2D eigenvalue weighted by molar-refractivity contribution is -0.258. The van der Waals surface area contributed by atoms with Crippen molar-refractivity contribution in [3.63, 3.8) is 0 Å². The third kappa shape index (κ3) is 3.76. The summed E-state index contributed by atoms with van der Waals surface area (Å²) in [6.07, 6.45) is -5.05. The number of para-hydroxylation sites is 1. The van der Waals surface area contributed by atoms with Gasteiger partial charge in [0, 0.05) is 32.3 Å². The van der Waals surface area contributed by atoms with Gasteiger partial charge in [-0.1, -0.05) is 41.4 Å². The number of anilines is 2. The molecule has 2 aliphatic heterocycles. The van der Waals surface area contributed by atoms with E-state index in [1.165, 1.54) is 36.4 Å². The molecule has 0 spiro atoms. The molecule has 3 aromatic rings. The van der Waals surface area contributed by atoms with Crippen LogP contribution in [0.1, 0.15) is 33.1 Å². The van der Waals surface area contributed by atoms with Crippen molar-refractivity contribution in [3.05, 3.63) is 92.7 Å². The number of carbonyl (C=O) groups is 2. The highest BCUT2D eigenvalue weighted by Gasteiger charge is 2.61. The van der Waals surface area contributed by atoms with E-state index in [0.29, 0.717) is 0 Å². The molecule has 3 N–H and O–H groups in total. The van der Waals surface area contributed by atoms with Crippen LogP contribution < -0.4 is 15.5 Å². The van der Waals surface area contributed by atoms with Crippen LogP contribution in [0.4, 0.5) is 33.7 Å². The molecule has 0 fully saturated rings. The molecule has 3 amide bonds. The summed E-state index contributed by atoms with van der Waals surface area (Å²) >= 11 is 12.4. The van der Waals surface area contributed by atoms with Crippen LogP contribution in [-0.2, 0) is 5.60 Å². The van der Waals surface area contributed by atoms with Gasteiger partial charge in [0.05, 0.1) is 24.0 Å². The molecular formula is C24H15Cl2F4N3O3. The lowest BCUT2D eigenvalue weighted by Gasteiger charge is -2.27. The summed E-state index contributed by atoms with van der Waals surface area (Å²) in [5.74, 6) is -1.18. The monoisotopic (exact) mass is 539 g/mol. The summed E-state index contributed by atoms with van der Waals surface area (Å²) in [5.41, 5.74) is -3.37. The van der Waals surface area contributed by atoms with Crippen molar-refractivity contribution in [3.8, 4) is 0 Å². The topological polar surface area (TPSA) is 81.7 Å². The average Bonchev–Trinajstić information content (AvgIpc) is 3.31. The average molecular weight is 540 g/mol. The number of rotatable bonds is 2. The van der Waals surface area contributed by atoms with Crippen LogP contribution >= 0.6 is 23.2 Å². The highest BCUT2D eigenvalue weighted by Crippen LogP contribution is 2.49. The van der Waals surface area contributed by atoms with Crippen LogP contribution in [0.25, 0.3) is 0 Å². The van der Waals surface area contributed by atoms with Crippen molar-refractivity contribution >= 4 is 46.5 Å². The molecule has 0 saturated carbocycles. The summed E-state index contributed by atoms with van der Waals surface area (Å²) in [5, 5.41) is 15.9. The third-order valence-corrected chi connectivity index (χ3v) is 6.77. The van der Waals surface area contributed by atoms with Gasteiger partial charge in [0.1, 0.15) is 5.82 Å². The molecule has 0 aromatic heterocycles. The molecule has 186 valence electrons. The largest absolute Gasteiger partial charge is 0.423 e. The maximum atomic E-state index is 14.0. The predicted octanol–water partition coefficient (Wildman–Crippen LogP) is 5.77. The maximum absolute atomic E-state index is 14.0. The van der Waals surface area contributed by atoms with Crippen LogP contribution in [0.3, 0.4) is 0 Å². The second kappa shape index (κ2) is 8.36. The Kier molecular flexibility index (Phi) is 5.66. The number of nitrogens with zero attached hydrogens (tertiary/aromatic N) is 1. The number of nitrogens with one attached hydrogen (secondary N) is 2. The Morgan fingerprint density at radius 3 is 2.58 bits per heavy atom. The standard InChI is InChI=1S/C24H15Cl2F4N3O3/c25-11-7-14-19(20(32-21(14)34)13-9-12(27)5-6-16(13)26)17(8-11)31-22(35)33-10-23(36,24(28,29)30)15-3-1-2-4-18(15)33/h1-9,20,36H,10H2,(H,31,35)(H,32,34)/t20-,23+/m1/s1. The second-order valence-electron chi connectivity index (χ2n) is 8.38. The minimum atomic E-state index is -5.05. The number of urea groups is 1. The van der Waals surface area contributed by atoms with Gasteiger partial charge in [-0.2, -0.15) is 13.2 Å². The van der Waals surface area contributed by atoms with Crippen molar-refractivity contribution in [1.82, 2.24) is 5.32 Å². The van der Waals surface area contributed by atoms with Gasteiger partial charge in [0.15, 0.2) is 0 Å². The highest BCUT2D eigenvalue weighted by atomic mass is 35.5. The molecule has 36 heavy (non-hydrogen) atoms. The number of aliphatic hydroxyl groups is 1. The quantitative estimate of drug-likeness (QED) is 0.362. The Labute approximate surface area is 211 Å². The Bertz CT molecular complexity index is 1430. The number of benzene rings is 3. The fourth-order valence-electron chi connectivity index (χ4n) is 4.53. The summed E-state index contributed by atoms with van der Waals surface area (Å²) < 4.78 is 55.3. The van der Waals surface area contributed by atoms with E-state index in [4.69, 9.17) is 23.2 Å². The molecule has 5 rings (SSSR count). The van der Waals surface area contributed by atoms with Crippen molar-refractivity contribution in [2.75, 3.05) is 16.8 Å². The Hall–Kier alpha value is -3.34. The van der Waals surface area contributed by atoms with Gasteiger partial charge < -0.3 is 15.7 Å². The first-order chi connectivity index (χ1) is 16.9. The molecule has 0 radical (unpaired) electrons. The highest BCUT2D eigenvalue weighted by molar-refractivity contribution is 6.32. The number of alkyl halides is 3. The van der Waals surface area contributed by atoms with Crippen LogP contribution in [0.2, 0.25) is 10.0 Å². The van der Waals surface area contributed by atoms with E-state index in [0.717, 1.165) is 23.1 Å². The molecule has 2 atom stereocenters. The van der Waals surface area contributed by atoms with E-state index in [1.807, 2.05) is 0 Å². The van der Waals surface area contributed by atoms with Gasteiger partial charge in [-0.15, -0.1) is 0 Å². The van der Waals surface area contributed by atoms with E-state index in [9.17, 15) is 32.3 Å². The Balaban J connectivity index is 1.56. The van der Waals surface area contributed by atoms with Crippen molar-refractivity contribution in [2.24, 2.45) is 0 Å². The molecule has 2 aliphatic rings. The zero-order valence-corrected chi connectivity index (χ0v) is 19.5. The smallest absolute Gasteiger partial charge is 0.375 e. The molecule has 6 nitrogen and oxygen atoms in total. The first kappa shape index (κ1) is 24.4. The zero-order valence-electron chi connectivity index (χ0n) is 18.0. The number of amides is 3. The van der Waals surface area contributed by atoms with E-state index >= 15 is 0 Å². The van der Waals surface area contributed by atoms with E-state index < -0.39 is 47.7 Å². The third-order valence-electron chi connectivity index (χ3n) is 6.21. The number of fused-ring (bicyclic) bond motifs is 2. The van der Waals surface area contributed by atoms with Gasteiger partial charge in [0.25, 0.3) is 5.91 Å². The molecule has 12 heteroatoms. The molecule has 2 heterocycles. The van der Waals surface area contributed by atoms with E-state index in [2.05, 4.69) is 10.6 Å². The van der Waals surface area contributed by atoms with E-state index in [1.54, 1.807) is 0 Å². The number of carbonyl (C=O) groups excluding carboxylic acids is 2. The van der Waals surface area contributed by atoms with Crippen LogP contribution in [-0.4, -0.2) is 29.8 Å². The normalized spacial score (nSPS) is 20.7. The van der Waals surface area contributed by atoms with Crippen molar-refractivity contribution in [2.45, 2.75) is 17.8 Å². The maximum Gasteiger partial charge on any atom is 0.423 e. The summed E-state index contributed by atoms with van der Waals surface area (Å²) in [4.78, 5) is 26.7. The Morgan fingerprint density at radius 2 is 1.86 bits per heavy atom. The molecule has 0 bridgehead atoms. The lowest BCUT2D eigenvalue weighted by atomic mass is 9.96. The van der Waals surface area contributed by atoms with Gasteiger partial charge in [-0.25, -0.2) is 9.18 Å². The second-order valence-corrected chi connectivity index (χ2v) is 9.22. The molecule has 0 aliphatic carbocycles. The number of hydrogen-bond acceptors (Lipinski definition) is 3. The first-order valence-corrected chi connectivity index (χ1v) is 11.2.